The highest BCUT2D eigenvalue weighted by Crippen LogP contribution is 2.38. The van der Waals surface area contributed by atoms with Gasteiger partial charge in [0.2, 0.25) is 0 Å². The topological polar surface area (TPSA) is 64.1 Å². The zero-order valence-electron chi connectivity index (χ0n) is 19.0. The van der Waals surface area contributed by atoms with Crippen LogP contribution in [-0.4, -0.2) is 71.6 Å². The zero-order chi connectivity index (χ0) is 23.2. The van der Waals surface area contributed by atoms with Crippen molar-refractivity contribution in [2.75, 3.05) is 44.2 Å². The molecular weight excluding hydrogens is 438 g/mol. The van der Waals surface area contributed by atoms with Crippen molar-refractivity contribution in [2.24, 2.45) is 0 Å². The minimum Gasteiger partial charge on any atom is -0.380 e. The summed E-state index contributed by atoms with van der Waals surface area (Å²) in [6.45, 7) is 5.84. The van der Waals surface area contributed by atoms with Crippen LogP contribution in [0.1, 0.15) is 47.2 Å². The number of hydrogen-bond donors (Lipinski definition) is 1. The molecule has 2 fully saturated rings. The maximum atomic E-state index is 13.1. The lowest BCUT2D eigenvalue weighted by Crippen LogP contribution is -2.53. The molecule has 2 heterocycles. The normalized spacial score (nSPS) is 21.5. The highest BCUT2D eigenvalue weighted by molar-refractivity contribution is 6.31. The van der Waals surface area contributed by atoms with Crippen molar-refractivity contribution < 1.29 is 14.7 Å². The van der Waals surface area contributed by atoms with Crippen molar-refractivity contribution in [3.05, 3.63) is 64.2 Å². The SMILES string of the molecule is CCN1CC(c2ccc(C(=O)N3CCN(C(=O)C4(O)CC4)CC3)cc2Cl)Cc2ccccc21. The highest BCUT2D eigenvalue weighted by atomic mass is 35.5. The predicted molar refractivity (Wildman–Crippen MR) is 129 cm³/mol. The van der Waals surface area contributed by atoms with Crippen LogP contribution in [-0.2, 0) is 11.2 Å². The second-order valence-electron chi connectivity index (χ2n) is 9.42. The molecule has 3 aliphatic rings. The zero-order valence-corrected chi connectivity index (χ0v) is 19.7. The first-order valence-corrected chi connectivity index (χ1v) is 12.2. The summed E-state index contributed by atoms with van der Waals surface area (Å²) in [5.74, 6) is 0.0151. The number of anilines is 1. The standard InChI is InChI=1S/C26H30ClN3O3/c1-2-28-17-20(15-18-5-3-4-6-23(18)28)21-8-7-19(16-22(21)27)24(31)29-11-13-30(14-12-29)25(32)26(33)9-10-26/h3-8,16,20,33H,2,9-15,17H2,1H3. The maximum absolute atomic E-state index is 13.1. The average molecular weight is 468 g/mol. The van der Waals surface area contributed by atoms with Crippen LogP contribution in [0.2, 0.25) is 5.02 Å². The quantitative estimate of drug-likeness (QED) is 0.749. The number of rotatable bonds is 4. The van der Waals surface area contributed by atoms with Crippen LogP contribution in [0.15, 0.2) is 42.5 Å². The minimum atomic E-state index is -1.15. The Labute approximate surface area is 199 Å². The number of fused-ring (bicyclic) bond motifs is 1. The largest absolute Gasteiger partial charge is 0.380 e. The molecule has 33 heavy (non-hydrogen) atoms. The molecule has 1 saturated carbocycles. The van der Waals surface area contributed by atoms with Crippen molar-refractivity contribution in [1.82, 2.24) is 9.80 Å². The Hall–Kier alpha value is -2.57. The molecule has 1 atom stereocenters. The molecule has 0 spiro atoms. The van der Waals surface area contributed by atoms with Crippen LogP contribution in [0.25, 0.3) is 0 Å². The molecule has 0 aromatic heterocycles. The van der Waals surface area contributed by atoms with Gasteiger partial charge in [0.15, 0.2) is 0 Å². The van der Waals surface area contributed by atoms with Crippen LogP contribution in [0.3, 0.4) is 0 Å². The molecule has 5 rings (SSSR count). The summed E-state index contributed by atoms with van der Waals surface area (Å²) in [5, 5.41) is 10.7. The van der Waals surface area contributed by atoms with Gasteiger partial charge in [-0.2, -0.15) is 0 Å². The van der Waals surface area contributed by atoms with Gasteiger partial charge in [-0.15, -0.1) is 0 Å². The van der Waals surface area contributed by atoms with Crippen molar-refractivity contribution in [1.29, 1.82) is 0 Å². The number of carbonyl (C=O) groups excluding carboxylic acids is 2. The van der Waals surface area contributed by atoms with Gasteiger partial charge < -0.3 is 19.8 Å². The third-order valence-corrected chi connectivity index (χ3v) is 7.61. The van der Waals surface area contributed by atoms with E-state index in [0.717, 1.165) is 25.1 Å². The molecule has 2 aliphatic heterocycles. The second-order valence-corrected chi connectivity index (χ2v) is 9.83. The summed E-state index contributed by atoms with van der Waals surface area (Å²) in [6.07, 6.45) is 2.01. The molecule has 174 valence electrons. The van der Waals surface area contributed by atoms with Gasteiger partial charge in [0.25, 0.3) is 11.8 Å². The lowest BCUT2D eigenvalue weighted by molar-refractivity contribution is -0.143. The van der Waals surface area contributed by atoms with E-state index in [2.05, 4.69) is 36.1 Å². The third kappa shape index (κ3) is 4.22. The van der Waals surface area contributed by atoms with E-state index in [4.69, 9.17) is 11.6 Å². The smallest absolute Gasteiger partial charge is 0.254 e. The van der Waals surface area contributed by atoms with E-state index in [1.807, 2.05) is 12.1 Å². The third-order valence-electron chi connectivity index (χ3n) is 7.28. The second kappa shape index (κ2) is 8.65. The van der Waals surface area contributed by atoms with E-state index in [1.165, 1.54) is 11.3 Å². The van der Waals surface area contributed by atoms with Gasteiger partial charge in [0.1, 0.15) is 5.60 Å². The van der Waals surface area contributed by atoms with Gasteiger partial charge in [0.05, 0.1) is 0 Å². The molecule has 1 N–H and O–H groups in total. The first-order valence-electron chi connectivity index (χ1n) is 11.8. The molecule has 7 heteroatoms. The molecule has 1 unspecified atom stereocenters. The summed E-state index contributed by atoms with van der Waals surface area (Å²) in [4.78, 5) is 31.3. The van der Waals surface area contributed by atoms with Crippen LogP contribution < -0.4 is 4.90 Å². The highest BCUT2D eigenvalue weighted by Gasteiger charge is 2.50. The number of benzene rings is 2. The van der Waals surface area contributed by atoms with Gasteiger partial charge in [-0.05, 0) is 55.5 Å². The summed E-state index contributed by atoms with van der Waals surface area (Å²) >= 11 is 6.72. The van der Waals surface area contributed by atoms with Gasteiger partial charge in [-0.25, -0.2) is 0 Å². The Bertz CT molecular complexity index is 1080. The fourth-order valence-corrected chi connectivity index (χ4v) is 5.44. The maximum Gasteiger partial charge on any atom is 0.254 e. The number of halogens is 1. The fraction of sp³-hybridized carbons (Fsp3) is 0.462. The van der Waals surface area contributed by atoms with E-state index in [9.17, 15) is 14.7 Å². The van der Waals surface area contributed by atoms with Crippen molar-refractivity contribution >= 4 is 29.1 Å². The fourth-order valence-electron chi connectivity index (χ4n) is 5.11. The van der Waals surface area contributed by atoms with Crippen LogP contribution in [0.4, 0.5) is 5.69 Å². The molecule has 1 aliphatic carbocycles. The van der Waals surface area contributed by atoms with Gasteiger partial charge in [-0.3, -0.25) is 9.59 Å². The van der Waals surface area contributed by atoms with Crippen LogP contribution >= 0.6 is 11.6 Å². The Morgan fingerprint density at radius 3 is 2.42 bits per heavy atom. The molecule has 6 nitrogen and oxygen atoms in total. The molecule has 1 saturated heterocycles. The molecule has 2 aromatic carbocycles. The molecule has 0 radical (unpaired) electrons. The first-order chi connectivity index (χ1) is 15.9. The lowest BCUT2D eigenvalue weighted by atomic mass is 9.86. The first kappa shape index (κ1) is 22.2. The minimum absolute atomic E-state index is 0.0649. The van der Waals surface area contributed by atoms with Gasteiger partial charge >= 0.3 is 0 Å². The van der Waals surface area contributed by atoms with Crippen molar-refractivity contribution in [2.45, 2.75) is 37.7 Å². The molecule has 0 bridgehead atoms. The summed E-state index contributed by atoms with van der Waals surface area (Å²) in [7, 11) is 0. The van der Waals surface area contributed by atoms with E-state index < -0.39 is 5.60 Å². The predicted octanol–water partition coefficient (Wildman–Crippen LogP) is 3.32. The Balaban J connectivity index is 1.27. The average Bonchev–Trinajstić information content (AvgIpc) is 3.60. The van der Waals surface area contributed by atoms with E-state index in [1.54, 1.807) is 15.9 Å². The number of hydrogen-bond acceptors (Lipinski definition) is 4. The Morgan fingerprint density at radius 2 is 1.76 bits per heavy atom. The van der Waals surface area contributed by atoms with Crippen LogP contribution in [0.5, 0.6) is 0 Å². The monoisotopic (exact) mass is 467 g/mol. The molecule has 2 aromatic rings. The molecule has 2 amide bonds. The Morgan fingerprint density at radius 1 is 1.06 bits per heavy atom. The van der Waals surface area contributed by atoms with E-state index >= 15 is 0 Å². The number of piperazine rings is 1. The number of aliphatic hydroxyl groups is 1. The van der Waals surface area contributed by atoms with Gasteiger partial charge in [0, 0.05) is 61.5 Å². The Kier molecular flexibility index (Phi) is 5.83. The summed E-state index contributed by atoms with van der Waals surface area (Å²) in [5.41, 5.74) is 3.13. The lowest BCUT2D eigenvalue weighted by Gasteiger charge is -2.36. The summed E-state index contributed by atoms with van der Waals surface area (Å²) in [6, 6.07) is 14.2. The van der Waals surface area contributed by atoms with Crippen molar-refractivity contribution in [3.63, 3.8) is 0 Å². The molecular formula is C26H30ClN3O3. The van der Waals surface area contributed by atoms with E-state index in [-0.39, 0.29) is 17.7 Å². The van der Waals surface area contributed by atoms with Crippen LogP contribution in [0, 0.1) is 0 Å². The van der Waals surface area contributed by atoms with E-state index in [0.29, 0.717) is 49.6 Å². The number of para-hydroxylation sites is 1. The number of nitrogens with zero attached hydrogens (tertiary/aromatic N) is 3. The number of carbonyl (C=O) groups is 2. The van der Waals surface area contributed by atoms with Crippen molar-refractivity contribution in [3.8, 4) is 0 Å². The van der Waals surface area contributed by atoms with Gasteiger partial charge in [-0.1, -0.05) is 35.9 Å². The number of likely N-dealkylation sites (N-methyl/N-ethyl adjacent to an activating group) is 1. The number of amides is 2. The summed E-state index contributed by atoms with van der Waals surface area (Å²) < 4.78 is 0.